The molecule has 1 atom stereocenters. The smallest absolute Gasteiger partial charge is 0.258 e. The van der Waals surface area contributed by atoms with Gasteiger partial charge in [0.2, 0.25) is 0 Å². The van der Waals surface area contributed by atoms with Gasteiger partial charge in [0.05, 0.1) is 5.69 Å². The van der Waals surface area contributed by atoms with E-state index in [2.05, 4.69) is 52.9 Å². The van der Waals surface area contributed by atoms with E-state index in [0.717, 1.165) is 36.8 Å². The molecule has 0 saturated carbocycles. The van der Waals surface area contributed by atoms with Crippen LogP contribution >= 0.6 is 11.3 Å². The summed E-state index contributed by atoms with van der Waals surface area (Å²) in [4.78, 5) is 22.4. The number of piperazine rings is 1. The van der Waals surface area contributed by atoms with Crippen molar-refractivity contribution in [3.05, 3.63) is 63.5 Å². The molecule has 0 unspecified atom stereocenters. The van der Waals surface area contributed by atoms with Crippen molar-refractivity contribution in [3.8, 4) is 0 Å². The SMILES string of the molecule is Cc1ccc(N2CCN(Cc3cc(=O)n4ccsc4n3)C[C@H]2C)cc1. The third-order valence-corrected chi connectivity index (χ3v) is 5.58. The largest absolute Gasteiger partial charge is 0.366 e. The molecular weight excluding hydrogens is 332 g/mol. The lowest BCUT2D eigenvalue weighted by Gasteiger charge is -2.41. The number of rotatable bonds is 3. The van der Waals surface area contributed by atoms with Crippen LogP contribution in [-0.4, -0.2) is 40.0 Å². The quantitative estimate of drug-likeness (QED) is 0.725. The van der Waals surface area contributed by atoms with Crippen molar-refractivity contribution in [2.24, 2.45) is 0 Å². The Morgan fingerprint density at radius 2 is 2.04 bits per heavy atom. The third kappa shape index (κ3) is 3.32. The van der Waals surface area contributed by atoms with Crippen molar-refractivity contribution >= 4 is 22.0 Å². The predicted molar refractivity (Wildman–Crippen MR) is 103 cm³/mol. The maximum absolute atomic E-state index is 12.1. The van der Waals surface area contributed by atoms with Crippen LogP contribution in [-0.2, 0) is 6.54 Å². The fraction of sp³-hybridized carbons (Fsp3) is 0.368. The topological polar surface area (TPSA) is 40.9 Å². The molecule has 3 heterocycles. The molecule has 130 valence electrons. The van der Waals surface area contributed by atoms with Crippen molar-refractivity contribution in [2.45, 2.75) is 26.4 Å². The predicted octanol–water partition coefficient (Wildman–Crippen LogP) is 2.78. The first kappa shape index (κ1) is 16.3. The lowest BCUT2D eigenvalue weighted by Crippen LogP contribution is -2.51. The zero-order valence-corrected chi connectivity index (χ0v) is 15.4. The highest BCUT2D eigenvalue weighted by Gasteiger charge is 2.24. The molecule has 1 aliphatic heterocycles. The van der Waals surface area contributed by atoms with Gasteiger partial charge < -0.3 is 4.90 Å². The van der Waals surface area contributed by atoms with E-state index in [1.54, 1.807) is 16.7 Å². The number of thiazole rings is 1. The Morgan fingerprint density at radius 3 is 2.80 bits per heavy atom. The molecule has 1 saturated heterocycles. The fourth-order valence-corrected chi connectivity index (χ4v) is 4.23. The third-order valence-electron chi connectivity index (χ3n) is 4.82. The summed E-state index contributed by atoms with van der Waals surface area (Å²) in [7, 11) is 0. The Balaban J connectivity index is 1.46. The molecule has 2 aromatic heterocycles. The Morgan fingerprint density at radius 1 is 1.24 bits per heavy atom. The Kier molecular flexibility index (Phi) is 4.31. The molecule has 1 aromatic carbocycles. The summed E-state index contributed by atoms with van der Waals surface area (Å²) in [6.45, 7) is 8.05. The van der Waals surface area contributed by atoms with Crippen molar-refractivity contribution < 1.29 is 0 Å². The molecule has 0 amide bonds. The normalized spacial score (nSPS) is 18.8. The molecular formula is C19H22N4OS. The van der Waals surface area contributed by atoms with Gasteiger partial charge in [0, 0.05) is 55.6 Å². The van der Waals surface area contributed by atoms with Crippen LogP contribution in [0.15, 0.2) is 46.7 Å². The monoisotopic (exact) mass is 354 g/mol. The molecule has 0 N–H and O–H groups in total. The van der Waals surface area contributed by atoms with Crippen LogP contribution in [0.5, 0.6) is 0 Å². The van der Waals surface area contributed by atoms with Crippen LogP contribution in [0, 0.1) is 6.92 Å². The minimum absolute atomic E-state index is 0.00703. The molecule has 0 bridgehead atoms. The van der Waals surface area contributed by atoms with Gasteiger partial charge in [-0.3, -0.25) is 14.1 Å². The van der Waals surface area contributed by atoms with E-state index >= 15 is 0 Å². The number of aromatic nitrogens is 2. The first-order chi connectivity index (χ1) is 12.1. The van der Waals surface area contributed by atoms with E-state index < -0.39 is 0 Å². The molecule has 0 radical (unpaired) electrons. The lowest BCUT2D eigenvalue weighted by molar-refractivity contribution is 0.218. The number of anilines is 1. The molecule has 0 aliphatic carbocycles. The highest BCUT2D eigenvalue weighted by Crippen LogP contribution is 2.21. The minimum Gasteiger partial charge on any atom is -0.366 e. The summed E-state index contributed by atoms with van der Waals surface area (Å²) in [6.07, 6.45) is 1.78. The second kappa shape index (κ2) is 6.61. The first-order valence-electron chi connectivity index (χ1n) is 8.61. The van der Waals surface area contributed by atoms with E-state index in [0.29, 0.717) is 6.04 Å². The summed E-state index contributed by atoms with van der Waals surface area (Å²) in [5.74, 6) is 0. The molecule has 4 rings (SSSR count). The van der Waals surface area contributed by atoms with E-state index in [4.69, 9.17) is 0 Å². The zero-order chi connectivity index (χ0) is 17.4. The number of aryl methyl sites for hydroxylation is 1. The van der Waals surface area contributed by atoms with Crippen LogP contribution in [0.1, 0.15) is 18.2 Å². The van der Waals surface area contributed by atoms with Gasteiger partial charge in [0.25, 0.3) is 5.56 Å². The van der Waals surface area contributed by atoms with Gasteiger partial charge in [-0.2, -0.15) is 0 Å². The summed E-state index contributed by atoms with van der Waals surface area (Å²) >= 11 is 1.50. The van der Waals surface area contributed by atoms with Gasteiger partial charge >= 0.3 is 0 Å². The summed E-state index contributed by atoms with van der Waals surface area (Å²) in [5, 5.41) is 1.90. The molecule has 6 heteroatoms. The van der Waals surface area contributed by atoms with Crippen molar-refractivity contribution in [1.82, 2.24) is 14.3 Å². The second-order valence-electron chi connectivity index (χ2n) is 6.75. The number of hydrogen-bond acceptors (Lipinski definition) is 5. The van der Waals surface area contributed by atoms with Gasteiger partial charge in [0.1, 0.15) is 0 Å². The highest BCUT2D eigenvalue weighted by atomic mass is 32.1. The van der Waals surface area contributed by atoms with Gasteiger partial charge in [-0.25, -0.2) is 4.98 Å². The van der Waals surface area contributed by atoms with Crippen molar-refractivity contribution in [1.29, 1.82) is 0 Å². The number of hydrogen-bond donors (Lipinski definition) is 0. The summed E-state index contributed by atoms with van der Waals surface area (Å²) in [5.41, 5.74) is 3.45. The molecule has 0 spiro atoms. The van der Waals surface area contributed by atoms with E-state index in [1.165, 1.54) is 22.6 Å². The van der Waals surface area contributed by atoms with Crippen LogP contribution in [0.25, 0.3) is 4.96 Å². The lowest BCUT2D eigenvalue weighted by atomic mass is 10.1. The Hall–Kier alpha value is -2.18. The van der Waals surface area contributed by atoms with Crippen molar-refractivity contribution in [2.75, 3.05) is 24.5 Å². The highest BCUT2D eigenvalue weighted by molar-refractivity contribution is 7.15. The van der Waals surface area contributed by atoms with E-state index in [-0.39, 0.29) is 5.56 Å². The van der Waals surface area contributed by atoms with Gasteiger partial charge in [-0.05, 0) is 26.0 Å². The van der Waals surface area contributed by atoms with E-state index in [9.17, 15) is 4.79 Å². The standard InChI is InChI=1S/C19H22N4OS/c1-14-3-5-17(6-4-14)22-8-7-21(12-15(22)2)13-16-11-18(24)23-9-10-25-19(23)20-16/h3-6,9-11,15H,7-8,12-13H2,1-2H3/t15-/m1/s1. The van der Waals surface area contributed by atoms with Crippen LogP contribution < -0.4 is 10.5 Å². The fourth-order valence-electron chi connectivity index (χ4n) is 3.49. The molecule has 25 heavy (non-hydrogen) atoms. The molecule has 1 fully saturated rings. The Bertz CT molecular complexity index is 930. The summed E-state index contributed by atoms with van der Waals surface area (Å²) in [6, 6.07) is 10.8. The Labute approximate surface area is 151 Å². The van der Waals surface area contributed by atoms with Gasteiger partial charge in [0.15, 0.2) is 4.96 Å². The van der Waals surface area contributed by atoms with Crippen molar-refractivity contribution in [3.63, 3.8) is 0 Å². The molecule has 3 aromatic rings. The van der Waals surface area contributed by atoms with Gasteiger partial charge in [-0.15, -0.1) is 11.3 Å². The van der Waals surface area contributed by atoms with Crippen LogP contribution in [0.4, 0.5) is 5.69 Å². The maximum Gasteiger partial charge on any atom is 0.258 e. The molecule has 1 aliphatic rings. The summed E-state index contributed by atoms with van der Waals surface area (Å²) < 4.78 is 1.60. The molecule has 5 nitrogen and oxygen atoms in total. The van der Waals surface area contributed by atoms with Crippen LogP contribution in [0.3, 0.4) is 0 Å². The minimum atomic E-state index is 0.00703. The zero-order valence-electron chi connectivity index (χ0n) is 14.6. The van der Waals surface area contributed by atoms with Crippen LogP contribution in [0.2, 0.25) is 0 Å². The average Bonchev–Trinajstić information content (AvgIpc) is 3.05. The number of fused-ring (bicyclic) bond motifs is 1. The van der Waals surface area contributed by atoms with E-state index in [1.807, 2.05) is 5.38 Å². The first-order valence-corrected chi connectivity index (χ1v) is 9.49. The maximum atomic E-state index is 12.1. The van der Waals surface area contributed by atoms with Gasteiger partial charge in [-0.1, -0.05) is 17.7 Å². The number of benzene rings is 1. The second-order valence-corrected chi connectivity index (χ2v) is 7.63. The number of nitrogens with zero attached hydrogens (tertiary/aromatic N) is 4. The average molecular weight is 354 g/mol.